The normalized spacial score (nSPS) is 11.8. The number of anilines is 1. The van der Waals surface area contributed by atoms with Crippen LogP contribution in [0.4, 0.5) is 10.1 Å². The highest BCUT2D eigenvalue weighted by atomic mass is 79.9. The van der Waals surface area contributed by atoms with Crippen LogP contribution in [0.2, 0.25) is 0 Å². The molecule has 0 aliphatic carbocycles. The van der Waals surface area contributed by atoms with Crippen LogP contribution in [0.25, 0.3) is 0 Å². The fourth-order valence-electron chi connectivity index (χ4n) is 1.60. The minimum Gasteiger partial charge on any atom is -0.444 e. The summed E-state index contributed by atoms with van der Waals surface area (Å²) in [6, 6.07) is 2.05. The zero-order chi connectivity index (χ0) is 15.8. The Bertz CT molecular complexity index is 770. The molecule has 1 aromatic heterocycles. The molecule has 0 fully saturated rings. The lowest BCUT2D eigenvalue weighted by Crippen LogP contribution is -2.24. The van der Waals surface area contributed by atoms with Crippen molar-refractivity contribution in [2.75, 3.05) is 5.73 Å². The lowest BCUT2D eigenvalue weighted by molar-refractivity contribution is 0.462. The van der Waals surface area contributed by atoms with Gasteiger partial charge in [0.15, 0.2) is 0 Å². The van der Waals surface area contributed by atoms with E-state index in [0.717, 1.165) is 12.1 Å². The minimum atomic E-state index is -4.06. The smallest absolute Gasteiger partial charge is 0.244 e. The molecule has 1 heterocycles. The second-order valence-corrected chi connectivity index (χ2v) is 6.97. The van der Waals surface area contributed by atoms with Crippen molar-refractivity contribution >= 4 is 31.6 Å². The van der Waals surface area contributed by atoms with Crippen LogP contribution >= 0.6 is 15.9 Å². The van der Waals surface area contributed by atoms with Crippen LogP contribution < -0.4 is 10.5 Å². The first-order chi connectivity index (χ1) is 9.70. The zero-order valence-electron chi connectivity index (χ0n) is 11.3. The molecular formula is C12H13BrFN3O3S. The van der Waals surface area contributed by atoms with Gasteiger partial charge in [-0.15, -0.1) is 0 Å². The number of nitrogen functional groups attached to an aromatic ring is 1. The molecule has 0 amide bonds. The van der Waals surface area contributed by atoms with Gasteiger partial charge >= 0.3 is 0 Å². The summed E-state index contributed by atoms with van der Waals surface area (Å²) >= 11 is 3.03. The molecule has 9 heteroatoms. The molecule has 2 aromatic rings. The number of hydrogen-bond donors (Lipinski definition) is 2. The molecule has 0 aliphatic rings. The summed E-state index contributed by atoms with van der Waals surface area (Å²) in [5, 5.41) is 0. The van der Waals surface area contributed by atoms with Crippen LogP contribution in [0.15, 0.2) is 25.9 Å². The molecule has 0 saturated heterocycles. The lowest BCUT2D eigenvalue weighted by Gasteiger charge is -2.08. The Hall–Kier alpha value is -1.45. The molecule has 0 aliphatic heterocycles. The van der Waals surface area contributed by atoms with Crippen molar-refractivity contribution in [3.8, 4) is 0 Å². The van der Waals surface area contributed by atoms with Gasteiger partial charge in [0, 0.05) is 10.2 Å². The van der Waals surface area contributed by atoms with Crippen molar-refractivity contribution in [3.63, 3.8) is 0 Å². The van der Waals surface area contributed by atoms with Crippen molar-refractivity contribution < 1.29 is 17.2 Å². The minimum absolute atomic E-state index is 0.125. The first-order valence-corrected chi connectivity index (χ1v) is 8.15. The van der Waals surface area contributed by atoms with Crippen LogP contribution in [-0.4, -0.2) is 13.4 Å². The number of aryl methyl sites for hydroxylation is 2. The van der Waals surface area contributed by atoms with E-state index in [1.54, 1.807) is 13.8 Å². The monoisotopic (exact) mass is 377 g/mol. The molecule has 0 atom stereocenters. The molecule has 0 radical (unpaired) electrons. The fourth-order valence-corrected chi connectivity index (χ4v) is 2.98. The zero-order valence-corrected chi connectivity index (χ0v) is 13.7. The van der Waals surface area contributed by atoms with Gasteiger partial charge in [0.25, 0.3) is 0 Å². The van der Waals surface area contributed by atoms with Crippen LogP contribution in [-0.2, 0) is 16.6 Å². The summed E-state index contributed by atoms with van der Waals surface area (Å²) in [5.74, 6) is -0.0920. The third-order valence-corrected chi connectivity index (χ3v) is 4.93. The second kappa shape index (κ2) is 5.74. The largest absolute Gasteiger partial charge is 0.444 e. The summed E-state index contributed by atoms with van der Waals surface area (Å²) in [6.07, 6.45) is 0. The number of halogens is 2. The standard InChI is InChI=1S/C12H13BrFN3O3S/c1-6-7(2)20-12(17-6)5-16-21(18,19)11-4-10(15)8(13)3-9(11)14/h3-4,16H,5,15H2,1-2H3. The maximum Gasteiger partial charge on any atom is 0.244 e. The summed E-state index contributed by atoms with van der Waals surface area (Å²) in [6.45, 7) is 3.29. The van der Waals surface area contributed by atoms with Crippen LogP contribution in [0.5, 0.6) is 0 Å². The van der Waals surface area contributed by atoms with Gasteiger partial charge in [-0.25, -0.2) is 22.5 Å². The molecule has 0 bridgehead atoms. The van der Waals surface area contributed by atoms with E-state index >= 15 is 0 Å². The quantitative estimate of drug-likeness (QED) is 0.796. The highest BCUT2D eigenvalue weighted by Gasteiger charge is 2.21. The van der Waals surface area contributed by atoms with E-state index in [2.05, 4.69) is 25.6 Å². The maximum atomic E-state index is 13.8. The number of rotatable bonds is 4. The van der Waals surface area contributed by atoms with Gasteiger partial charge in [-0.3, -0.25) is 0 Å². The first-order valence-electron chi connectivity index (χ1n) is 5.88. The van der Waals surface area contributed by atoms with E-state index in [1.807, 2.05) is 0 Å². The summed E-state index contributed by atoms with van der Waals surface area (Å²) in [7, 11) is -4.06. The van der Waals surface area contributed by atoms with Crippen LogP contribution in [0.3, 0.4) is 0 Å². The van der Waals surface area contributed by atoms with Gasteiger partial charge in [-0.2, -0.15) is 0 Å². The molecule has 3 N–H and O–H groups in total. The molecule has 0 unspecified atom stereocenters. The molecule has 6 nitrogen and oxygen atoms in total. The topological polar surface area (TPSA) is 98.2 Å². The number of benzene rings is 1. The Morgan fingerprint density at radius 2 is 2.10 bits per heavy atom. The highest BCUT2D eigenvalue weighted by Crippen LogP contribution is 2.26. The Morgan fingerprint density at radius 1 is 1.43 bits per heavy atom. The molecule has 21 heavy (non-hydrogen) atoms. The number of aromatic nitrogens is 1. The van der Waals surface area contributed by atoms with Crippen LogP contribution in [0, 0.1) is 19.7 Å². The third kappa shape index (κ3) is 3.42. The van der Waals surface area contributed by atoms with Crippen molar-refractivity contribution in [3.05, 3.63) is 39.8 Å². The predicted octanol–water partition coefficient (Wildman–Crippen LogP) is 2.25. The van der Waals surface area contributed by atoms with Crippen LogP contribution in [0.1, 0.15) is 17.3 Å². The van der Waals surface area contributed by atoms with E-state index in [-0.39, 0.29) is 22.6 Å². The Morgan fingerprint density at radius 3 is 2.67 bits per heavy atom. The van der Waals surface area contributed by atoms with Gasteiger partial charge in [-0.05, 0) is 41.9 Å². The molecule has 0 saturated carbocycles. The predicted molar refractivity (Wildman–Crippen MR) is 78.5 cm³/mol. The number of nitrogens with two attached hydrogens (primary N) is 1. The van der Waals surface area contributed by atoms with Crippen molar-refractivity contribution in [2.24, 2.45) is 0 Å². The van der Waals surface area contributed by atoms with E-state index in [9.17, 15) is 12.8 Å². The number of nitrogens with zero attached hydrogens (tertiary/aromatic N) is 1. The molecule has 2 rings (SSSR count). The number of nitrogens with one attached hydrogen (secondary N) is 1. The van der Waals surface area contributed by atoms with Gasteiger partial charge in [-0.1, -0.05) is 0 Å². The van der Waals surface area contributed by atoms with Gasteiger partial charge in [0.1, 0.15) is 16.5 Å². The second-order valence-electron chi connectivity index (χ2n) is 4.38. The molecular weight excluding hydrogens is 365 g/mol. The third-order valence-electron chi connectivity index (χ3n) is 2.83. The average Bonchev–Trinajstić information content (AvgIpc) is 2.71. The summed E-state index contributed by atoms with van der Waals surface area (Å²) < 4.78 is 45.7. The van der Waals surface area contributed by atoms with Crippen molar-refractivity contribution in [1.82, 2.24) is 9.71 Å². The van der Waals surface area contributed by atoms with E-state index < -0.39 is 20.7 Å². The Balaban J connectivity index is 2.24. The Kier molecular flexibility index (Phi) is 4.35. The Labute approximate surface area is 129 Å². The number of hydrogen-bond acceptors (Lipinski definition) is 5. The highest BCUT2D eigenvalue weighted by molar-refractivity contribution is 9.10. The molecule has 114 valence electrons. The van der Waals surface area contributed by atoms with Gasteiger partial charge in [0.05, 0.1) is 12.2 Å². The lowest BCUT2D eigenvalue weighted by atomic mass is 10.3. The first kappa shape index (κ1) is 15.9. The van der Waals surface area contributed by atoms with Gasteiger partial charge in [0.2, 0.25) is 15.9 Å². The number of sulfonamides is 1. The van der Waals surface area contributed by atoms with E-state index in [1.165, 1.54) is 0 Å². The molecule has 0 spiro atoms. The maximum absolute atomic E-state index is 13.8. The van der Waals surface area contributed by atoms with E-state index in [0.29, 0.717) is 11.5 Å². The fraction of sp³-hybridized carbons (Fsp3) is 0.250. The average molecular weight is 378 g/mol. The summed E-state index contributed by atoms with van der Waals surface area (Å²) in [5.41, 5.74) is 6.37. The molecule has 1 aromatic carbocycles. The van der Waals surface area contributed by atoms with Crippen molar-refractivity contribution in [1.29, 1.82) is 0 Å². The van der Waals surface area contributed by atoms with E-state index in [4.69, 9.17) is 10.2 Å². The SMILES string of the molecule is Cc1nc(CNS(=O)(=O)c2cc(N)c(Br)cc2F)oc1C. The summed E-state index contributed by atoms with van der Waals surface area (Å²) in [4.78, 5) is 3.52. The number of oxazole rings is 1. The van der Waals surface area contributed by atoms with Gasteiger partial charge < -0.3 is 10.2 Å². The van der Waals surface area contributed by atoms with Crippen molar-refractivity contribution in [2.45, 2.75) is 25.3 Å².